The highest BCUT2D eigenvalue weighted by atomic mass is 35.5. The lowest BCUT2D eigenvalue weighted by Gasteiger charge is -1.87. The lowest BCUT2D eigenvalue weighted by molar-refractivity contribution is 0.571. The number of halogens is 1. The van der Waals surface area contributed by atoms with Crippen molar-refractivity contribution in [3.63, 3.8) is 0 Å². The van der Waals surface area contributed by atoms with Gasteiger partial charge in [0.25, 0.3) is 0 Å². The Hall–Kier alpha value is -0.910. The normalized spacial score (nSPS) is 10.5. The Bertz CT molecular complexity index is 373. The van der Waals surface area contributed by atoms with Gasteiger partial charge in [0.2, 0.25) is 0 Å². The van der Waals surface area contributed by atoms with Crippen molar-refractivity contribution >= 4 is 23.1 Å². The molecule has 0 unspecified atom stereocenters. The Labute approximate surface area is 83.7 Å². The van der Waals surface area contributed by atoms with Crippen LogP contribution in [0.3, 0.4) is 0 Å². The molecular formula is C7H6ClN3OS. The number of thiazole rings is 1. The van der Waals surface area contributed by atoms with Gasteiger partial charge >= 0.3 is 0 Å². The van der Waals surface area contributed by atoms with Crippen LogP contribution in [0.2, 0.25) is 0 Å². The maximum Gasteiger partial charge on any atom is 0.182 e. The zero-order valence-electron chi connectivity index (χ0n) is 6.53. The maximum atomic E-state index is 5.36. The second kappa shape index (κ2) is 3.87. The summed E-state index contributed by atoms with van der Waals surface area (Å²) >= 11 is 6.89. The molecule has 13 heavy (non-hydrogen) atoms. The average Bonchev–Trinajstić information content (AvgIpc) is 2.70. The molecule has 0 spiro atoms. The number of nitrogens with zero attached hydrogens (tertiary/aromatic N) is 2. The van der Waals surface area contributed by atoms with Crippen LogP contribution in [0.1, 0.15) is 4.88 Å². The van der Waals surface area contributed by atoms with Crippen LogP contribution < -0.4 is 4.84 Å². The molecule has 0 radical (unpaired) electrons. The Morgan fingerprint density at radius 3 is 3.15 bits per heavy atom. The number of rotatable bonds is 3. The average molecular weight is 216 g/mol. The van der Waals surface area contributed by atoms with Crippen molar-refractivity contribution < 1.29 is 4.42 Å². The van der Waals surface area contributed by atoms with Crippen LogP contribution in [0.4, 0.5) is 0 Å². The van der Waals surface area contributed by atoms with Gasteiger partial charge in [-0.05, 0) is 11.8 Å². The van der Waals surface area contributed by atoms with Gasteiger partial charge in [-0.15, -0.1) is 11.3 Å². The summed E-state index contributed by atoms with van der Waals surface area (Å²) in [5.74, 6) is 0.686. The van der Waals surface area contributed by atoms with Crippen LogP contribution in [-0.4, -0.2) is 9.97 Å². The summed E-state index contributed by atoms with van der Waals surface area (Å²) in [5.41, 5.74) is 0. The van der Waals surface area contributed by atoms with Gasteiger partial charge in [0.05, 0.1) is 6.20 Å². The minimum atomic E-state index is 0.605. The summed E-state index contributed by atoms with van der Waals surface area (Å²) < 4.78 is 5.09. The minimum Gasteiger partial charge on any atom is -0.441 e. The van der Waals surface area contributed by atoms with Crippen molar-refractivity contribution in [2.45, 2.75) is 6.54 Å². The molecule has 0 atom stereocenters. The van der Waals surface area contributed by atoms with Gasteiger partial charge in [-0.1, -0.05) is 0 Å². The topological polar surface area (TPSA) is 51.0 Å². The fraction of sp³-hybridized carbons (Fsp3) is 0.143. The predicted molar refractivity (Wildman–Crippen MR) is 50.3 cm³/mol. The summed E-state index contributed by atoms with van der Waals surface area (Å²) in [7, 11) is 0. The van der Waals surface area contributed by atoms with Gasteiger partial charge in [0, 0.05) is 17.6 Å². The molecule has 0 aliphatic heterocycles. The molecule has 0 amide bonds. The standard InChI is InChI=1S/C7H6ClN3OS/c8-11-2-5-1-10-7(13-5)6-3-9-4-12-6/h1,3-4,11H,2H2. The third-order valence-electron chi connectivity index (χ3n) is 1.44. The SMILES string of the molecule is ClNCc1cnc(-c2cnco2)s1. The van der Waals surface area contributed by atoms with E-state index in [2.05, 4.69) is 14.8 Å². The van der Waals surface area contributed by atoms with Crippen LogP contribution in [0.5, 0.6) is 0 Å². The van der Waals surface area contributed by atoms with Crippen molar-refractivity contribution in [1.82, 2.24) is 14.8 Å². The quantitative estimate of drug-likeness (QED) is 0.797. The molecule has 0 aromatic carbocycles. The van der Waals surface area contributed by atoms with Crippen LogP contribution in [0.25, 0.3) is 10.8 Å². The molecule has 0 bridgehead atoms. The molecule has 0 saturated carbocycles. The lowest BCUT2D eigenvalue weighted by atomic mass is 10.5. The van der Waals surface area contributed by atoms with Crippen molar-refractivity contribution in [2.75, 3.05) is 0 Å². The molecule has 2 rings (SSSR count). The maximum absolute atomic E-state index is 5.36. The number of aromatic nitrogens is 2. The highest BCUT2D eigenvalue weighted by Gasteiger charge is 2.06. The van der Waals surface area contributed by atoms with E-state index in [1.807, 2.05) is 0 Å². The summed E-state index contributed by atoms with van der Waals surface area (Å²) in [4.78, 5) is 11.6. The van der Waals surface area contributed by atoms with E-state index in [9.17, 15) is 0 Å². The molecule has 1 N–H and O–H groups in total. The summed E-state index contributed by atoms with van der Waals surface area (Å²) in [6.07, 6.45) is 4.78. The molecule has 0 aliphatic carbocycles. The number of hydrogen-bond donors (Lipinski definition) is 1. The molecule has 2 aromatic rings. The van der Waals surface area contributed by atoms with Gasteiger partial charge in [-0.25, -0.2) is 14.8 Å². The van der Waals surface area contributed by atoms with Crippen LogP contribution in [0, 0.1) is 0 Å². The molecular weight excluding hydrogens is 210 g/mol. The Morgan fingerprint density at radius 1 is 1.54 bits per heavy atom. The monoisotopic (exact) mass is 215 g/mol. The van der Waals surface area contributed by atoms with E-state index in [1.54, 1.807) is 12.4 Å². The van der Waals surface area contributed by atoms with Crippen molar-refractivity contribution in [3.05, 3.63) is 23.7 Å². The van der Waals surface area contributed by atoms with E-state index >= 15 is 0 Å². The molecule has 68 valence electrons. The first-order chi connectivity index (χ1) is 6.40. The Balaban J connectivity index is 2.23. The summed E-state index contributed by atoms with van der Waals surface area (Å²) in [5, 5.41) is 0.819. The number of hydrogen-bond acceptors (Lipinski definition) is 5. The van der Waals surface area contributed by atoms with Crippen molar-refractivity contribution in [1.29, 1.82) is 0 Å². The fourth-order valence-corrected chi connectivity index (χ4v) is 1.92. The molecule has 0 fully saturated rings. The third-order valence-corrected chi connectivity index (χ3v) is 2.58. The number of oxazole rings is 1. The third kappa shape index (κ3) is 1.88. The highest BCUT2D eigenvalue weighted by molar-refractivity contribution is 7.14. The van der Waals surface area contributed by atoms with Gasteiger partial charge in [-0.2, -0.15) is 0 Å². The molecule has 6 heteroatoms. The van der Waals surface area contributed by atoms with Gasteiger partial charge < -0.3 is 4.42 Å². The van der Waals surface area contributed by atoms with Crippen LogP contribution in [0.15, 0.2) is 23.2 Å². The minimum absolute atomic E-state index is 0.605. The first kappa shape index (κ1) is 8.68. The molecule has 4 nitrogen and oxygen atoms in total. The predicted octanol–water partition coefficient (Wildman–Crippen LogP) is 2.04. The fourth-order valence-electron chi connectivity index (χ4n) is 0.890. The van der Waals surface area contributed by atoms with E-state index < -0.39 is 0 Å². The smallest absolute Gasteiger partial charge is 0.182 e. The lowest BCUT2D eigenvalue weighted by Crippen LogP contribution is -1.94. The van der Waals surface area contributed by atoms with Crippen LogP contribution >= 0.6 is 23.1 Å². The molecule has 2 aromatic heterocycles. The van der Waals surface area contributed by atoms with Crippen molar-refractivity contribution in [3.8, 4) is 10.8 Å². The summed E-state index contributed by atoms with van der Waals surface area (Å²) in [6.45, 7) is 0.605. The van der Waals surface area contributed by atoms with Crippen LogP contribution in [-0.2, 0) is 6.54 Å². The number of nitrogens with one attached hydrogen (secondary N) is 1. The van der Waals surface area contributed by atoms with E-state index in [4.69, 9.17) is 16.2 Å². The second-order valence-corrected chi connectivity index (χ2v) is 3.69. The molecule has 0 saturated heterocycles. The molecule has 0 aliphatic rings. The van der Waals surface area contributed by atoms with Gasteiger partial charge in [0.1, 0.15) is 0 Å². The highest BCUT2D eigenvalue weighted by Crippen LogP contribution is 2.24. The van der Waals surface area contributed by atoms with Crippen molar-refractivity contribution in [2.24, 2.45) is 0 Å². The van der Waals surface area contributed by atoms with Gasteiger partial charge in [0.15, 0.2) is 17.2 Å². The van der Waals surface area contributed by atoms with E-state index in [-0.39, 0.29) is 0 Å². The second-order valence-electron chi connectivity index (χ2n) is 2.31. The first-order valence-electron chi connectivity index (χ1n) is 3.57. The zero-order valence-corrected chi connectivity index (χ0v) is 8.10. The Kier molecular flexibility index (Phi) is 2.58. The molecule has 2 heterocycles. The van der Waals surface area contributed by atoms with E-state index in [0.717, 1.165) is 9.88 Å². The Morgan fingerprint density at radius 2 is 2.46 bits per heavy atom. The summed E-state index contributed by atoms with van der Waals surface area (Å²) in [6, 6.07) is 0. The largest absolute Gasteiger partial charge is 0.441 e. The zero-order chi connectivity index (χ0) is 9.10. The van der Waals surface area contributed by atoms with E-state index in [0.29, 0.717) is 12.3 Å². The van der Waals surface area contributed by atoms with Gasteiger partial charge in [-0.3, -0.25) is 0 Å². The first-order valence-corrected chi connectivity index (χ1v) is 4.76. The van der Waals surface area contributed by atoms with E-state index in [1.165, 1.54) is 17.7 Å².